The molecule has 0 amide bonds. The number of pyridine rings is 1. The van der Waals surface area contributed by atoms with Gasteiger partial charge in [-0.2, -0.15) is 0 Å². The van der Waals surface area contributed by atoms with Gasteiger partial charge in [0.2, 0.25) is 0 Å². The Hall–Kier alpha value is -5.16. The van der Waals surface area contributed by atoms with Crippen LogP contribution in [-0.2, 0) is 10.8 Å². The van der Waals surface area contributed by atoms with Gasteiger partial charge in [0.25, 0.3) is 6.33 Å². The topological polar surface area (TPSA) is 35.9 Å². The monoisotopic (exact) mass is 660 g/mol. The van der Waals surface area contributed by atoms with Gasteiger partial charge in [-0.15, -0.1) is 0 Å². The molecular weight excluding hydrogens is 613 g/mol. The molecule has 0 unspecified atom stereocenters. The Morgan fingerprint density at radius 3 is 2.00 bits per heavy atom. The average molecular weight is 661 g/mol. The molecule has 50 heavy (non-hydrogen) atoms. The lowest BCUT2D eigenvalue weighted by atomic mass is 9.88. The Morgan fingerprint density at radius 1 is 0.640 bits per heavy atom. The van der Waals surface area contributed by atoms with E-state index in [-0.39, 0.29) is 10.8 Å². The molecule has 0 spiro atoms. The standard InChI is InChI=1S/C45H48N4O/c1-28-29(2)31(4)43(32(5)30(28)3)48-27-47(26-41(48)45(9,10)11)34-15-14-16-35(24-34)50-36-19-20-38-37-17-12-13-18-39(37)49(40(38)25-36)42-23-33(21-22-46-42)44(6,7)8/h12-26H,1-11H3. The zero-order chi connectivity index (χ0) is 35.7. The van der Waals surface area contributed by atoms with E-state index >= 15 is 0 Å². The minimum atomic E-state index is -0.101. The Bertz CT molecular complexity index is 2400. The molecule has 0 fully saturated rings. The summed E-state index contributed by atoms with van der Waals surface area (Å²) in [6.07, 6.45) is 7.84. The molecule has 0 saturated carbocycles. The van der Waals surface area contributed by atoms with Gasteiger partial charge in [-0.3, -0.25) is 13.7 Å². The largest absolute Gasteiger partial charge is 0.458 e. The first kappa shape index (κ1) is 33.3. The molecule has 3 heterocycles. The summed E-state index contributed by atoms with van der Waals surface area (Å²) in [6.45, 7) is 24.6. The minimum Gasteiger partial charge on any atom is -0.458 e. The summed E-state index contributed by atoms with van der Waals surface area (Å²) >= 11 is 0. The maximum Gasteiger partial charge on any atom is 0.269 e. The molecule has 0 saturated heterocycles. The van der Waals surface area contributed by atoms with Crippen molar-refractivity contribution < 1.29 is 9.30 Å². The number of imidazole rings is 1. The molecule has 0 bridgehead atoms. The summed E-state index contributed by atoms with van der Waals surface area (Å²) in [7, 11) is 0. The van der Waals surface area contributed by atoms with Crippen molar-refractivity contribution in [2.75, 3.05) is 0 Å². The number of aromatic nitrogens is 4. The van der Waals surface area contributed by atoms with Gasteiger partial charge in [-0.05, 0) is 127 Å². The van der Waals surface area contributed by atoms with Gasteiger partial charge < -0.3 is 4.74 Å². The number of fused-ring (bicyclic) bond motifs is 3. The van der Waals surface area contributed by atoms with Crippen LogP contribution < -0.4 is 9.30 Å². The molecule has 5 nitrogen and oxygen atoms in total. The number of hydrogen-bond acceptors (Lipinski definition) is 2. The van der Waals surface area contributed by atoms with Crippen LogP contribution in [-0.4, -0.2) is 14.1 Å². The maximum absolute atomic E-state index is 6.62. The van der Waals surface area contributed by atoms with Crippen molar-refractivity contribution >= 4 is 21.8 Å². The third-order valence-corrected chi connectivity index (χ3v) is 10.5. The van der Waals surface area contributed by atoms with E-state index in [0.717, 1.165) is 39.4 Å². The molecule has 0 aliphatic carbocycles. The lowest BCUT2D eigenvalue weighted by Crippen LogP contribution is -2.40. The third-order valence-electron chi connectivity index (χ3n) is 10.5. The second kappa shape index (κ2) is 12.0. The Kier molecular flexibility index (Phi) is 8.01. The average Bonchev–Trinajstić information content (AvgIpc) is 3.67. The van der Waals surface area contributed by atoms with Gasteiger partial charge in [-0.25, -0.2) is 4.98 Å². The Balaban J connectivity index is 1.31. The van der Waals surface area contributed by atoms with E-state index in [1.807, 2.05) is 18.3 Å². The number of para-hydroxylation sites is 1. The summed E-state index contributed by atoms with van der Waals surface area (Å²) in [5.74, 6) is 2.43. The predicted molar refractivity (Wildman–Crippen MR) is 206 cm³/mol. The first-order valence-electron chi connectivity index (χ1n) is 17.6. The fraction of sp³-hybridized carbons (Fsp3) is 0.289. The molecule has 3 aromatic heterocycles. The summed E-state index contributed by atoms with van der Waals surface area (Å²) in [5, 5.41) is 2.35. The van der Waals surface area contributed by atoms with Crippen LogP contribution in [0.15, 0.2) is 91.3 Å². The highest BCUT2D eigenvalue weighted by atomic mass is 16.5. The van der Waals surface area contributed by atoms with Crippen molar-refractivity contribution in [3.63, 3.8) is 0 Å². The van der Waals surface area contributed by atoms with E-state index in [1.165, 1.54) is 50.1 Å². The van der Waals surface area contributed by atoms with E-state index in [9.17, 15) is 0 Å². The molecule has 0 aliphatic rings. The van der Waals surface area contributed by atoms with Crippen molar-refractivity contribution in [1.82, 2.24) is 14.1 Å². The van der Waals surface area contributed by atoms with Crippen LogP contribution in [0.1, 0.15) is 80.6 Å². The molecule has 0 atom stereocenters. The quantitative estimate of drug-likeness (QED) is 0.136. The van der Waals surface area contributed by atoms with E-state index in [0.29, 0.717) is 0 Å². The van der Waals surface area contributed by atoms with Crippen LogP contribution in [0.5, 0.6) is 11.5 Å². The van der Waals surface area contributed by atoms with Crippen molar-refractivity contribution in [2.24, 2.45) is 0 Å². The normalized spacial score (nSPS) is 12.3. The lowest BCUT2D eigenvalue weighted by Gasteiger charge is -2.25. The molecule has 254 valence electrons. The number of rotatable bonds is 5. The van der Waals surface area contributed by atoms with Crippen molar-refractivity contribution in [3.05, 3.63) is 137 Å². The van der Waals surface area contributed by atoms with Gasteiger partial charge in [0, 0.05) is 29.2 Å². The predicted octanol–water partition coefficient (Wildman–Crippen LogP) is 11.0. The van der Waals surface area contributed by atoms with Crippen molar-refractivity contribution in [2.45, 2.75) is 87.0 Å². The van der Waals surface area contributed by atoms with Gasteiger partial charge in [0.15, 0.2) is 0 Å². The first-order chi connectivity index (χ1) is 23.6. The third kappa shape index (κ3) is 5.69. The van der Waals surface area contributed by atoms with Crippen LogP contribution in [0.2, 0.25) is 0 Å². The molecule has 0 N–H and O–H groups in total. The van der Waals surface area contributed by atoms with Gasteiger partial charge >= 0.3 is 0 Å². The molecule has 0 aliphatic heterocycles. The van der Waals surface area contributed by atoms with Gasteiger partial charge in [0.05, 0.1) is 28.1 Å². The number of nitrogens with zero attached hydrogens (tertiary/aromatic N) is 4. The van der Waals surface area contributed by atoms with Crippen LogP contribution >= 0.6 is 0 Å². The summed E-state index contributed by atoms with van der Waals surface area (Å²) < 4.78 is 13.2. The first-order valence-corrected chi connectivity index (χ1v) is 17.6. The Morgan fingerprint density at radius 2 is 1.30 bits per heavy atom. The summed E-state index contributed by atoms with van der Waals surface area (Å²) in [5.41, 5.74) is 13.3. The maximum atomic E-state index is 6.62. The summed E-state index contributed by atoms with van der Waals surface area (Å²) in [6, 6.07) is 27.5. The van der Waals surface area contributed by atoms with Crippen LogP contribution in [0.25, 0.3) is 39.0 Å². The number of hydrogen-bond donors (Lipinski definition) is 0. The number of ether oxygens (including phenoxy) is 1. The van der Waals surface area contributed by atoms with Gasteiger partial charge in [0.1, 0.15) is 17.3 Å². The molecule has 7 aromatic rings. The highest BCUT2D eigenvalue weighted by molar-refractivity contribution is 6.09. The van der Waals surface area contributed by atoms with Crippen LogP contribution in [0.3, 0.4) is 0 Å². The Labute approximate surface area is 296 Å². The second-order valence-corrected chi connectivity index (χ2v) is 15.8. The molecule has 4 aromatic carbocycles. The lowest BCUT2D eigenvalue weighted by molar-refractivity contribution is -0.612. The zero-order valence-corrected chi connectivity index (χ0v) is 31.4. The van der Waals surface area contributed by atoms with Crippen molar-refractivity contribution in [1.29, 1.82) is 0 Å². The van der Waals surface area contributed by atoms with E-state index in [1.54, 1.807) is 0 Å². The molecule has 7 rings (SSSR count). The minimum absolute atomic E-state index is 0.00941. The van der Waals surface area contributed by atoms with Crippen LogP contribution in [0, 0.1) is 40.9 Å². The molecular formula is C45H48N4O. The summed E-state index contributed by atoms with van der Waals surface area (Å²) in [4.78, 5) is 4.84. The second-order valence-electron chi connectivity index (χ2n) is 15.8. The smallest absolute Gasteiger partial charge is 0.269 e. The highest BCUT2D eigenvalue weighted by Crippen LogP contribution is 2.36. The van der Waals surface area contributed by atoms with Crippen LogP contribution in [0.4, 0.5) is 0 Å². The molecule has 5 heteroatoms. The SMILES string of the molecule is Cc1c(C)c(C)c(-[n+]2[c-]n(-c3cccc(Oc4ccc5c6ccccc6n(-c6cc(C(C)(C)C)ccn6)c5c4)c3)cc2C(C)(C)C)c(C)c1C. The van der Waals surface area contributed by atoms with Gasteiger partial charge in [-0.1, -0.05) is 65.8 Å². The number of benzene rings is 4. The molecule has 0 radical (unpaired) electrons. The van der Waals surface area contributed by atoms with E-state index in [2.05, 4.69) is 169 Å². The fourth-order valence-electron chi connectivity index (χ4n) is 7.12. The van der Waals surface area contributed by atoms with E-state index in [4.69, 9.17) is 9.72 Å². The fourth-order valence-corrected chi connectivity index (χ4v) is 7.12. The highest BCUT2D eigenvalue weighted by Gasteiger charge is 2.25. The zero-order valence-electron chi connectivity index (χ0n) is 31.4. The van der Waals surface area contributed by atoms with E-state index < -0.39 is 0 Å². The van der Waals surface area contributed by atoms with Crippen molar-refractivity contribution in [3.8, 4) is 28.7 Å².